The van der Waals surface area contributed by atoms with Crippen molar-refractivity contribution in [1.82, 2.24) is 0 Å². The minimum absolute atomic E-state index is 0.404. The van der Waals surface area contributed by atoms with Crippen LogP contribution in [-0.4, -0.2) is 6.17 Å². The van der Waals surface area contributed by atoms with Gasteiger partial charge < -0.3 is 0 Å². The highest BCUT2D eigenvalue weighted by molar-refractivity contribution is 4.90. The molecule has 3 atom stereocenters. The Labute approximate surface area is 149 Å². The molecule has 138 valence electrons. The van der Waals surface area contributed by atoms with Gasteiger partial charge in [-0.15, -0.1) is 0 Å². The van der Waals surface area contributed by atoms with Crippen LogP contribution < -0.4 is 0 Å². The molecule has 3 aliphatic carbocycles. The van der Waals surface area contributed by atoms with E-state index in [0.717, 1.165) is 18.3 Å². The third-order valence-electron chi connectivity index (χ3n) is 7.65. The second-order valence-corrected chi connectivity index (χ2v) is 9.08. The number of halogens is 1. The molecule has 0 saturated heterocycles. The standard InChI is InChI=1S/C23H39F/c1-2-3-5-8-18-11-13-20(14-12-18)22-16-15-21(17-23(22)24)19-9-6-4-7-10-19/h2-3,18-23H,4-17H2,1H3/b3-2+. The third kappa shape index (κ3) is 4.85. The van der Waals surface area contributed by atoms with Crippen molar-refractivity contribution in [3.63, 3.8) is 0 Å². The molecule has 3 saturated carbocycles. The normalized spacial score (nSPS) is 39.3. The molecule has 0 heterocycles. The Morgan fingerprint density at radius 2 is 1.50 bits per heavy atom. The Morgan fingerprint density at radius 3 is 2.17 bits per heavy atom. The first kappa shape index (κ1) is 18.5. The zero-order chi connectivity index (χ0) is 16.8. The van der Waals surface area contributed by atoms with Gasteiger partial charge in [0.15, 0.2) is 0 Å². The van der Waals surface area contributed by atoms with E-state index in [1.165, 1.54) is 83.5 Å². The lowest BCUT2D eigenvalue weighted by Crippen LogP contribution is -2.36. The average Bonchev–Trinajstić information content (AvgIpc) is 2.63. The molecule has 0 aliphatic heterocycles. The van der Waals surface area contributed by atoms with Crippen molar-refractivity contribution in [3.8, 4) is 0 Å². The number of hydrogen-bond acceptors (Lipinski definition) is 0. The van der Waals surface area contributed by atoms with Crippen LogP contribution in [-0.2, 0) is 0 Å². The van der Waals surface area contributed by atoms with Gasteiger partial charge in [0.1, 0.15) is 6.17 Å². The summed E-state index contributed by atoms with van der Waals surface area (Å²) in [7, 11) is 0. The molecule has 0 radical (unpaired) electrons. The van der Waals surface area contributed by atoms with Crippen LogP contribution in [0, 0.1) is 29.6 Å². The molecule has 0 aromatic carbocycles. The molecule has 3 rings (SSSR count). The van der Waals surface area contributed by atoms with Crippen molar-refractivity contribution < 1.29 is 4.39 Å². The smallest absolute Gasteiger partial charge is 0.103 e. The van der Waals surface area contributed by atoms with Gasteiger partial charge in [0, 0.05) is 0 Å². The number of hydrogen-bond donors (Lipinski definition) is 0. The molecule has 1 heteroatoms. The molecule has 0 N–H and O–H groups in total. The van der Waals surface area contributed by atoms with Crippen LogP contribution in [0.5, 0.6) is 0 Å². The molecular formula is C23H39F. The van der Waals surface area contributed by atoms with Crippen molar-refractivity contribution in [2.24, 2.45) is 29.6 Å². The van der Waals surface area contributed by atoms with E-state index in [0.29, 0.717) is 17.8 Å². The van der Waals surface area contributed by atoms with Gasteiger partial charge >= 0.3 is 0 Å². The molecule has 0 nitrogen and oxygen atoms in total. The molecule has 0 aromatic heterocycles. The topological polar surface area (TPSA) is 0 Å². The molecule has 0 amide bonds. The fraction of sp³-hybridized carbons (Fsp3) is 0.913. The van der Waals surface area contributed by atoms with Crippen LogP contribution in [0.1, 0.15) is 96.8 Å². The van der Waals surface area contributed by atoms with E-state index >= 15 is 0 Å². The van der Waals surface area contributed by atoms with Gasteiger partial charge in [-0.05, 0) is 81.5 Å². The highest BCUT2D eigenvalue weighted by Gasteiger charge is 2.39. The van der Waals surface area contributed by atoms with Crippen molar-refractivity contribution >= 4 is 0 Å². The molecule has 24 heavy (non-hydrogen) atoms. The van der Waals surface area contributed by atoms with Gasteiger partial charge in [-0.25, -0.2) is 4.39 Å². The molecule has 0 bridgehead atoms. The van der Waals surface area contributed by atoms with Gasteiger partial charge in [0.05, 0.1) is 0 Å². The summed E-state index contributed by atoms with van der Waals surface area (Å²) in [5.74, 6) is 3.59. The summed E-state index contributed by atoms with van der Waals surface area (Å²) in [5.41, 5.74) is 0. The molecular weight excluding hydrogens is 295 g/mol. The van der Waals surface area contributed by atoms with E-state index in [-0.39, 0.29) is 0 Å². The van der Waals surface area contributed by atoms with E-state index in [1.54, 1.807) is 0 Å². The summed E-state index contributed by atoms with van der Waals surface area (Å²) >= 11 is 0. The van der Waals surface area contributed by atoms with Gasteiger partial charge in [0.25, 0.3) is 0 Å². The monoisotopic (exact) mass is 334 g/mol. The van der Waals surface area contributed by atoms with Crippen molar-refractivity contribution in [1.29, 1.82) is 0 Å². The fourth-order valence-electron chi connectivity index (χ4n) is 6.14. The number of allylic oxidation sites excluding steroid dienone is 2. The van der Waals surface area contributed by atoms with Crippen LogP contribution >= 0.6 is 0 Å². The first-order chi connectivity index (χ1) is 11.8. The van der Waals surface area contributed by atoms with Crippen LogP contribution in [0.3, 0.4) is 0 Å². The van der Waals surface area contributed by atoms with Gasteiger partial charge in [-0.1, -0.05) is 57.1 Å². The highest BCUT2D eigenvalue weighted by Crippen LogP contribution is 2.46. The quantitative estimate of drug-likeness (QED) is 0.457. The summed E-state index contributed by atoms with van der Waals surface area (Å²) in [4.78, 5) is 0. The largest absolute Gasteiger partial charge is 0.247 e. The Morgan fingerprint density at radius 1 is 0.792 bits per heavy atom. The van der Waals surface area contributed by atoms with E-state index in [9.17, 15) is 4.39 Å². The first-order valence-corrected chi connectivity index (χ1v) is 11.0. The Kier molecular flexibility index (Phi) is 7.22. The molecule has 0 spiro atoms. The second-order valence-electron chi connectivity index (χ2n) is 9.08. The Bertz CT molecular complexity index is 373. The number of alkyl halides is 1. The Balaban J connectivity index is 1.42. The SMILES string of the molecule is C/C=C/CCC1CCC(C2CCC(C3CCCCC3)CC2F)CC1. The predicted octanol–water partition coefficient (Wildman–Crippen LogP) is 7.48. The van der Waals surface area contributed by atoms with Crippen LogP contribution in [0.15, 0.2) is 12.2 Å². The highest BCUT2D eigenvalue weighted by atomic mass is 19.1. The van der Waals surface area contributed by atoms with Gasteiger partial charge in [-0.3, -0.25) is 0 Å². The molecule has 3 fully saturated rings. The predicted molar refractivity (Wildman–Crippen MR) is 102 cm³/mol. The maximum absolute atomic E-state index is 15.0. The van der Waals surface area contributed by atoms with Crippen LogP contribution in [0.2, 0.25) is 0 Å². The lowest BCUT2D eigenvalue weighted by molar-refractivity contribution is 0.0362. The van der Waals surface area contributed by atoms with Crippen molar-refractivity contribution in [2.75, 3.05) is 0 Å². The minimum Gasteiger partial charge on any atom is -0.247 e. The summed E-state index contributed by atoms with van der Waals surface area (Å²) in [6.07, 6.45) is 22.3. The van der Waals surface area contributed by atoms with Crippen LogP contribution in [0.4, 0.5) is 4.39 Å². The van der Waals surface area contributed by atoms with E-state index in [2.05, 4.69) is 19.1 Å². The van der Waals surface area contributed by atoms with Gasteiger partial charge in [-0.2, -0.15) is 0 Å². The lowest BCUT2D eigenvalue weighted by atomic mass is 9.65. The van der Waals surface area contributed by atoms with Crippen LogP contribution in [0.25, 0.3) is 0 Å². The number of rotatable bonds is 5. The molecule has 0 aromatic rings. The van der Waals surface area contributed by atoms with E-state index in [1.807, 2.05) is 0 Å². The summed E-state index contributed by atoms with van der Waals surface area (Å²) in [6, 6.07) is 0. The molecule has 3 aliphatic rings. The maximum Gasteiger partial charge on any atom is 0.103 e. The minimum atomic E-state index is -0.491. The fourth-order valence-corrected chi connectivity index (χ4v) is 6.14. The zero-order valence-corrected chi connectivity index (χ0v) is 15.9. The van der Waals surface area contributed by atoms with Crippen molar-refractivity contribution in [2.45, 2.75) is 103 Å². The van der Waals surface area contributed by atoms with Crippen molar-refractivity contribution in [3.05, 3.63) is 12.2 Å². The third-order valence-corrected chi connectivity index (χ3v) is 7.65. The van der Waals surface area contributed by atoms with Gasteiger partial charge in [0.2, 0.25) is 0 Å². The summed E-state index contributed by atoms with van der Waals surface area (Å²) in [6.45, 7) is 2.11. The summed E-state index contributed by atoms with van der Waals surface area (Å²) in [5, 5.41) is 0. The van der Waals surface area contributed by atoms with E-state index < -0.39 is 6.17 Å². The lowest BCUT2D eigenvalue weighted by Gasteiger charge is -2.42. The molecule has 3 unspecified atom stereocenters. The summed E-state index contributed by atoms with van der Waals surface area (Å²) < 4.78 is 15.0. The van der Waals surface area contributed by atoms with E-state index in [4.69, 9.17) is 0 Å². The Hall–Kier alpha value is -0.330. The first-order valence-electron chi connectivity index (χ1n) is 11.0. The second kappa shape index (κ2) is 9.39. The average molecular weight is 335 g/mol. The maximum atomic E-state index is 15.0. The zero-order valence-electron chi connectivity index (χ0n) is 15.9.